The van der Waals surface area contributed by atoms with Gasteiger partial charge < -0.3 is 10.6 Å². The monoisotopic (exact) mass is 494 g/mol. The average Bonchev–Trinajstić information content (AvgIpc) is 3.14. The topological polar surface area (TPSA) is 91.4 Å². The lowest BCUT2D eigenvalue weighted by molar-refractivity contribution is -0.124. The maximum atomic E-state index is 14.5. The minimum Gasteiger partial charge on any atom is -0.351 e. The van der Waals surface area contributed by atoms with Crippen LogP contribution in [0.3, 0.4) is 0 Å². The van der Waals surface area contributed by atoms with Crippen LogP contribution in [0.4, 0.5) is 13.2 Å². The Balaban J connectivity index is 1.53. The zero-order chi connectivity index (χ0) is 24.5. The average molecular weight is 495 g/mol. The van der Waals surface area contributed by atoms with Crippen LogP contribution in [-0.2, 0) is 21.4 Å². The molecule has 0 bridgehead atoms. The second kappa shape index (κ2) is 9.85. The minimum absolute atomic E-state index is 0.188. The summed E-state index contributed by atoms with van der Waals surface area (Å²) >= 11 is 0. The zero-order valence-corrected chi connectivity index (χ0v) is 19.3. The molecule has 2 aliphatic heterocycles. The molecule has 182 valence electrons. The molecule has 4 rings (SSSR count). The van der Waals surface area contributed by atoms with E-state index in [0.29, 0.717) is 12.2 Å². The first kappa shape index (κ1) is 24.4. The smallest absolute Gasteiger partial charge is 0.244 e. The summed E-state index contributed by atoms with van der Waals surface area (Å²) in [5.41, 5.74) is 1.76. The van der Waals surface area contributed by atoms with Crippen LogP contribution in [0.25, 0.3) is 5.57 Å². The van der Waals surface area contributed by atoms with Crippen molar-refractivity contribution in [3.63, 3.8) is 0 Å². The molecule has 2 aliphatic rings. The minimum atomic E-state index is -4.28. The number of carbonyl (C=O) groups excluding carboxylic acids is 1. The fourth-order valence-corrected chi connectivity index (χ4v) is 6.05. The Labute approximate surface area is 196 Å². The second-order valence-corrected chi connectivity index (χ2v) is 10.2. The first-order valence-electron chi connectivity index (χ1n) is 10.9. The van der Waals surface area contributed by atoms with E-state index in [-0.39, 0.29) is 23.4 Å². The van der Waals surface area contributed by atoms with E-state index in [9.17, 15) is 26.4 Å². The van der Waals surface area contributed by atoms with Crippen LogP contribution >= 0.6 is 0 Å². The van der Waals surface area contributed by atoms with Crippen LogP contribution in [0.5, 0.6) is 0 Å². The Morgan fingerprint density at radius 3 is 2.68 bits per heavy atom. The third-order valence-corrected chi connectivity index (χ3v) is 8.16. The molecule has 1 aromatic heterocycles. The van der Waals surface area contributed by atoms with Crippen molar-refractivity contribution in [3.05, 3.63) is 65.5 Å². The van der Waals surface area contributed by atoms with Gasteiger partial charge in [0.05, 0.1) is 22.8 Å². The van der Waals surface area contributed by atoms with Crippen molar-refractivity contribution in [3.8, 4) is 0 Å². The molecule has 1 fully saturated rings. The summed E-state index contributed by atoms with van der Waals surface area (Å²) in [6, 6.07) is 3.24. The molecule has 3 heterocycles. The molecule has 0 aliphatic carbocycles. The predicted molar refractivity (Wildman–Crippen MR) is 120 cm³/mol. The van der Waals surface area contributed by atoms with Gasteiger partial charge in [0.2, 0.25) is 15.9 Å². The molecule has 1 saturated heterocycles. The summed E-state index contributed by atoms with van der Waals surface area (Å²) in [6.07, 6.45) is 1.88. The highest BCUT2D eigenvalue weighted by molar-refractivity contribution is 7.89. The van der Waals surface area contributed by atoms with Crippen LogP contribution in [0, 0.1) is 11.6 Å². The van der Waals surface area contributed by atoms with Crippen molar-refractivity contribution >= 4 is 21.5 Å². The highest BCUT2D eigenvalue weighted by atomic mass is 32.2. The number of amides is 1. The molecule has 3 atom stereocenters. The van der Waals surface area contributed by atoms with Crippen LogP contribution in [0.15, 0.2) is 47.5 Å². The number of benzene rings is 1. The fourth-order valence-electron chi connectivity index (χ4n) is 4.24. The van der Waals surface area contributed by atoms with Crippen molar-refractivity contribution in [1.82, 2.24) is 19.9 Å². The standard InChI is InChI=1S/C23H25F3N4O3S/c1-14-19(25)11-22(30(14)34(32,33)18-4-2-17(24)3-5-18)23(31)29-12-16-10-21(28-13-20(16)26)15-6-8-27-9-7-15/h2-6,10,13-14,19,22,27H,7-9,11-12H2,1H3,(H,29,31)/t14-,19+,22-/m0/s1. The van der Waals surface area contributed by atoms with E-state index in [2.05, 4.69) is 15.6 Å². The van der Waals surface area contributed by atoms with Crippen LogP contribution in [-0.4, -0.2) is 55.0 Å². The molecule has 0 unspecified atom stereocenters. The van der Waals surface area contributed by atoms with Crippen LogP contribution in [0.1, 0.15) is 31.0 Å². The SMILES string of the molecule is C[C@H]1[C@H](F)C[C@@H](C(=O)NCc2cc(C3=CCNCC3)ncc2F)N1S(=O)(=O)c1ccc(F)cc1. The Bertz CT molecular complexity index is 1200. The third kappa shape index (κ3) is 4.86. The lowest BCUT2D eigenvalue weighted by Crippen LogP contribution is -2.48. The van der Waals surface area contributed by atoms with E-state index in [1.165, 1.54) is 6.92 Å². The number of pyridine rings is 1. The Morgan fingerprint density at radius 1 is 1.26 bits per heavy atom. The molecule has 2 N–H and O–H groups in total. The predicted octanol–water partition coefficient (Wildman–Crippen LogP) is 2.54. The molecule has 11 heteroatoms. The summed E-state index contributed by atoms with van der Waals surface area (Å²) < 4.78 is 69.3. The summed E-state index contributed by atoms with van der Waals surface area (Å²) in [4.78, 5) is 16.8. The number of sulfonamides is 1. The van der Waals surface area contributed by atoms with Gasteiger partial charge in [-0.2, -0.15) is 4.31 Å². The van der Waals surface area contributed by atoms with Gasteiger partial charge in [-0.15, -0.1) is 0 Å². The molecule has 0 spiro atoms. The Hall–Kier alpha value is -2.76. The molecular weight excluding hydrogens is 469 g/mol. The molecule has 1 aromatic carbocycles. The molecule has 7 nitrogen and oxygen atoms in total. The van der Waals surface area contributed by atoms with Gasteiger partial charge in [0.25, 0.3) is 0 Å². The molecule has 1 amide bonds. The third-order valence-electron chi connectivity index (χ3n) is 6.15. The van der Waals surface area contributed by atoms with Crippen LogP contribution < -0.4 is 10.6 Å². The van der Waals surface area contributed by atoms with Crippen molar-refractivity contribution in [2.45, 2.75) is 49.5 Å². The highest BCUT2D eigenvalue weighted by Gasteiger charge is 2.49. The number of nitrogens with zero attached hydrogens (tertiary/aromatic N) is 2. The molecule has 2 aromatic rings. The summed E-state index contributed by atoms with van der Waals surface area (Å²) in [5.74, 6) is -1.97. The molecular formula is C23H25F3N4O3S. The summed E-state index contributed by atoms with van der Waals surface area (Å²) in [7, 11) is -4.28. The van der Waals surface area contributed by atoms with Gasteiger partial charge in [-0.05, 0) is 55.8 Å². The van der Waals surface area contributed by atoms with Crippen molar-refractivity contribution in [2.75, 3.05) is 13.1 Å². The summed E-state index contributed by atoms with van der Waals surface area (Å²) in [5, 5.41) is 5.73. The Kier molecular flexibility index (Phi) is 7.06. The maximum absolute atomic E-state index is 14.5. The number of halogens is 3. The quantitative estimate of drug-likeness (QED) is 0.644. The Morgan fingerprint density at radius 2 is 2.00 bits per heavy atom. The first-order valence-corrected chi connectivity index (χ1v) is 12.4. The normalized spacial score (nSPS) is 23.5. The number of hydrogen-bond acceptors (Lipinski definition) is 5. The zero-order valence-electron chi connectivity index (χ0n) is 18.5. The van der Waals surface area contributed by atoms with E-state index < -0.39 is 45.8 Å². The van der Waals surface area contributed by atoms with E-state index in [1.54, 1.807) is 6.07 Å². The number of hydrogen-bond donors (Lipinski definition) is 2. The van der Waals surface area contributed by atoms with Crippen molar-refractivity contribution in [2.24, 2.45) is 0 Å². The molecule has 0 saturated carbocycles. The van der Waals surface area contributed by atoms with Gasteiger partial charge in [-0.25, -0.2) is 21.6 Å². The van der Waals surface area contributed by atoms with Gasteiger partial charge in [-0.1, -0.05) is 6.08 Å². The largest absolute Gasteiger partial charge is 0.351 e. The fraction of sp³-hybridized carbons (Fsp3) is 0.391. The number of alkyl halides is 1. The van der Waals surface area contributed by atoms with Crippen LogP contribution in [0.2, 0.25) is 0 Å². The van der Waals surface area contributed by atoms with Gasteiger partial charge in [0.15, 0.2) is 0 Å². The lowest BCUT2D eigenvalue weighted by Gasteiger charge is -2.27. The van der Waals surface area contributed by atoms with E-state index in [0.717, 1.165) is 53.3 Å². The van der Waals surface area contributed by atoms with E-state index in [4.69, 9.17) is 0 Å². The highest BCUT2D eigenvalue weighted by Crippen LogP contribution is 2.33. The van der Waals surface area contributed by atoms with Gasteiger partial charge in [0.1, 0.15) is 23.8 Å². The number of aromatic nitrogens is 1. The van der Waals surface area contributed by atoms with Crippen molar-refractivity contribution in [1.29, 1.82) is 0 Å². The van der Waals surface area contributed by atoms with E-state index in [1.807, 2.05) is 6.08 Å². The van der Waals surface area contributed by atoms with Gasteiger partial charge in [0, 0.05) is 25.1 Å². The number of rotatable bonds is 6. The summed E-state index contributed by atoms with van der Waals surface area (Å²) in [6.45, 7) is 2.63. The number of carbonyl (C=O) groups is 1. The maximum Gasteiger partial charge on any atom is 0.244 e. The van der Waals surface area contributed by atoms with Crippen molar-refractivity contribution < 1.29 is 26.4 Å². The molecule has 0 radical (unpaired) electrons. The first-order chi connectivity index (χ1) is 16.2. The number of nitrogens with one attached hydrogen (secondary N) is 2. The van der Waals surface area contributed by atoms with E-state index >= 15 is 0 Å². The lowest BCUT2D eigenvalue weighted by atomic mass is 10.0. The second-order valence-electron chi connectivity index (χ2n) is 8.36. The van der Waals surface area contributed by atoms with Gasteiger partial charge in [-0.3, -0.25) is 9.78 Å². The van der Waals surface area contributed by atoms with Gasteiger partial charge >= 0.3 is 0 Å². The molecule has 34 heavy (non-hydrogen) atoms.